The molecule has 0 spiro atoms. The Hall–Kier alpha value is -1.40. The van der Waals surface area contributed by atoms with Crippen LogP contribution in [-0.2, 0) is 14.3 Å². The molecule has 2 atom stereocenters. The van der Waals surface area contributed by atoms with E-state index >= 15 is 0 Å². The molecule has 0 aliphatic heterocycles. The predicted octanol–water partition coefficient (Wildman–Crippen LogP) is 20.8. The summed E-state index contributed by atoms with van der Waals surface area (Å²) in [5.74, 6) is -0.0516. The Morgan fingerprint density at radius 2 is 0.639 bits per heavy atom. The number of nitrogens with one attached hydrogen (secondary N) is 1. The maximum atomic E-state index is 12.5. The Bertz CT molecular complexity index is 1080. The lowest BCUT2D eigenvalue weighted by molar-refractivity contribution is -0.143. The molecule has 0 saturated heterocycles. The lowest BCUT2D eigenvalue weighted by Crippen LogP contribution is -2.45. The number of rotatable bonds is 62. The maximum Gasteiger partial charge on any atom is 0.305 e. The first kappa shape index (κ1) is 70.6. The molecule has 0 heterocycles. The molecule has 0 bridgehead atoms. The quantitative estimate of drug-likeness (QED) is 0.0320. The number of carbonyl (C=O) groups excluding carboxylic acids is 2. The van der Waals surface area contributed by atoms with Crippen LogP contribution in [0.1, 0.15) is 373 Å². The minimum atomic E-state index is -0.846. The van der Waals surface area contributed by atoms with Crippen molar-refractivity contribution in [2.45, 2.75) is 386 Å². The van der Waals surface area contributed by atoms with Gasteiger partial charge in [-0.3, -0.25) is 9.59 Å². The van der Waals surface area contributed by atoms with Crippen LogP contribution < -0.4 is 5.32 Å². The number of esters is 1. The van der Waals surface area contributed by atoms with Gasteiger partial charge >= 0.3 is 5.97 Å². The fourth-order valence-corrected chi connectivity index (χ4v) is 10.5. The minimum Gasteiger partial charge on any atom is -0.466 e. The molecule has 0 aromatic rings. The first-order valence-corrected chi connectivity index (χ1v) is 33.0. The van der Waals surface area contributed by atoms with Gasteiger partial charge in [0.05, 0.1) is 25.4 Å². The van der Waals surface area contributed by atoms with Crippen molar-refractivity contribution < 1.29 is 24.5 Å². The van der Waals surface area contributed by atoms with Crippen molar-refractivity contribution in [3.63, 3.8) is 0 Å². The van der Waals surface area contributed by atoms with E-state index in [1.165, 1.54) is 308 Å². The largest absolute Gasteiger partial charge is 0.466 e. The monoisotopic (exact) mass is 1020 g/mol. The highest BCUT2D eigenvalue weighted by molar-refractivity contribution is 5.76. The van der Waals surface area contributed by atoms with Gasteiger partial charge in [0, 0.05) is 12.8 Å². The van der Waals surface area contributed by atoms with Gasteiger partial charge < -0.3 is 20.3 Å². The molecular formula is C66H129NO5. The number of amides is 1. The smallest absolute Gasteiger partial charge is 0.305 e. The number of hydrogen-bond acceptors (Lipinski definition) is 5. The van der Waals surface area contributed by atoms with Crippen molar-refractivity contribution in [3.05, 3.63) is 12.2 Å². The number of ether oxygens (including phenoxy) is 1. The van der Waals surface area contributed by atoms with Gasteiger partial charge in [-0.2, -0.15) is 0 Å². The zero-order chi connectivity index (χ0) is 52.2. The van der Waals surface area contributed by atoms with Gasteiger partial charge in [-0.15, -0.1) is 0 Å². The molecule has 0 aliphatic carbocycles. The van der Waals surface area contributed by atoms with E-state index in [2.05, 4.69) is 19.2 Å². The molecule has 6 heteroatoms. The topological polar surface area (TPSA) is 95.9 Å². The van der Waals surface area contributed by atoms with E-state index in [-0.39, 0.29) is 18.5 Å². The summed E-state index contributed by atoms with van der Waals surface area (Å²) in [4.78, 5) is 24.6. The first-order valence-electron chi connectivity index (χ1n) is 33.0. The lowest BCUT2D eigenvalue weighted by atomic mass is 10.0. The van der Waals surface area contributed by atoms with Gasteiger partial charge in [-0.25, -0.2) is 0 Å². The zero-order valence-corrected chi connectivity index (χ0v) is 48.9. The Balaban J connectivity index is 3.40. The number of aliphatic hydroxyl groups is 2. The molecule has 0 rings (SSSR count). The SMILES string of the molecule is CCCCCCCCCCCCCCCCCCC/C=C/C(O)C(CO)NC(=O)CCCCCCCCCCCCCCCCCCCCCCOC(=O)CCCCCCCCCCCCCCCCCC. The summed E-state index contributed by atoms with van der Waals surface area (Å²) in [5.41, 5.74) is 0. The Morgan fingerprint density at radius 1 is 0.375 bits per heavy atom. The van der Waals surface area contributed by atoms with Crippen LogP contribution in [0.25, 0.3) is 0 Å². The molecular weight excluding hydrogens is 887 g/mol. The average molecular weight is 1020 g/mol. The van der Waals surface area contributed by atoms with Crippen LogP contribution in [0, 0.1) is 0 Å². The van der Waals surface area contributed by atoms with Crippen molar-refractivity contribution in [3.8, 4) is 0 Å². The number of allylic oxidation sites excluding steroid dienone is 1. The molecule has 0 aliphatic rings. The van der Waals surface area contributed by atoms with E-state index in [1.54, 1.807) is 6.08 Å². The maximum absolute atomic E-state index is 12.5. The molecule has 0 fully saturated rings. The lowest BCUT2D eigenvalue weighted by Gasteiger charge is -2.20. The van der Waals surface area contributed by atoms with Gasteiger partial charge in [-0.05, 0) is 32.1 Å². The summed E-state index contributed by atoms with van der Waals surface area (Å²) >= 11 is 0. The van der Waals surface area contributed by atoms with E-state index < -0.39 is 12.1 Å². The van der Waals surface area contributed by atoms with Gasteiger partial charge in [-0.1, -0.05) is 341 Å². The summed E-state index contributed by atoms with van der Waals surface area (Å²) in [6.45, 7) is 4.94. The van der Waals surface area contributed by atoms with Crippen LogP contribution in [-0.4, -0.2) is 47.4 Å². The molecule has 72 heavy (non-hydrogen) atoms. The van der Waals surface area contributed by atoms with Crippen molar-refractivity contribution in [2.24, 2.45) is 0 Å². The molecule has 6 nitrogen and oxygen atoms in total. The summed E-state index contributed by atoms with van der Waals surface area (Å²) in [5, 5.41) is 23.2. The number of aliphatic hydroxyl groups excluding tert-OH is 2. The van der Waals surface area contributed by atoms with E-state index in [9.17, 15) is 19.8 Å². The molecule has 428 valence electrons. The minimum absolute atomic E-state index is 0.0144. The first-order chi connectivity index (χ1) is 35.5. The van der Waals surface area contributed by atoms with E-state index in [1.807, 2.05) is 6.08 Å². The Kier molecular flexibility index (Phi) is 60.9. The van der Waals surface area contributed by atoms with Crippen molar-refractivity contribution in [1.82, 2.24) is 5.32 Å². The van der Waals surface area contributed by atoms with Crippen LogP contribution >= 0.6 is 0 Å². The molecule has 2 unspecified atom stereocenters. The third kappa shape index (κ3) is 57.9. The Labute approximate surface area is 450 Å². The fraction of sp³-hybridized carbons (Fsp3) is 0.939. The number of hydrogen-bond donors (Lipinski definition) is 3. The molecule has 0 radical (unpaired) electrons. The van der Waals surface area contributed by atoms with E-state index in [4.69, 9.17) is 4.74 Å². The molecule has 3 N–H and O–H groups in total. The molecule has 0 aromatic carbocycles. The molecule has 0 aromatic heterocycles. The standard InChI is InChI=1S/C66H129NO5/c1-3-5-7-9-11-13-15-17-19-21-24-27-30-34-38-42-46-50-54-58-64(69)63(62-68)67-65(70)59-55-51-47-43-39-35-31-28-25-22-23-26-29-33-37-41-45-49-53-57-61-72-66(71)60-56-52-48-44-40-36-32-20-18-16-14-12-10-8-6-4-2/h54,58,63-64,68-69H,3-53,55-57,59-62H2,1-2H3,(H,67,70)/b58-54+. The predicted molar refractivity (Wildman–Crippen MR) is 315 cm³/mol. The third-order valence-electron chi connectivity index (χ3n) is 15.6. The van der Waals surface area contributed by atoms with Gasteiger partial charge in [0.2, 0.25) is 5.91 Å². The van der Waals surface area contributed by atoms with Crippen molar-refractivity contribution >= 4 is 11.9 Å². The highest BCUT2D eigenvalue weighted by Crippen LogP contribution is 2.19. The zero-order valence-electron chi connectivity index (χ0n) is 48.9. The van der Waals surface area contributed by atoms with Crippen LogP contribution in [0.5, 0.6) is 0 Å². The van der Waals surface area contributed by atoms with E-state index in [0.717, 1.165) is 38.5 Å². The third-order valence-corrected chi connectivity index (χ3v) is 15.6. The highest BCUT2D eigenvalue weighted by atomic mass is 16.5. The second-order valence-corrected chi connectivity index (χ2v) is 22.8. The van der Waals surface area contributed by atoms with Gasteiger partial charge in [0.25, 0.3) is 0 Å². The normalized spacial score (nSPS) is 12.6. The summed E-state index contributed by atoms with van der Waals surface area (Å²) in [6.07, 6.45) is 75.5. The Morgan fingerprint density at radius 3 is 0.944 bits per heavy atom. The molecule has 1 amide bonds. The van der Waals surface area contributed by atoms with Crippen molar-refractivity contribution in [1.29, 1.82) is 0 Å². The van der Waals surface area contributed by atoms with Crippen LogP contribution in [0.3, 0.4) is 0 Å². The summed E-state index contributed by atoms with van der Waals surface area (Å²) in [6, 6.07) is -0.629. The average Bonchev–Trinajstić information content (AvgIpc) is 3.38. The summed E-state index contributed by atoms with van der Waals surface area (Å²) in [7, 11) is 0. The summed E-state index contributed by atoms with van der Waals surface area (Å²) < 4.78 is 5.50. The fourth-order valence-electron chi connectivity index (χ4n) is 10.5. The van der Waals surface area contributed by atoms with Crippen LogP contribution in [0.4, 0.5) is 0 Å². The van der Waals surface area contributed by atoms with Gasteiger partial charge in [0.15, 0.2) is 0 Å². The highest BCUT2D eigenvalue weighted by Gasteiger charge is 2.18. The number of unbranched alkanes of at least 4 members (excludes halogenated alkanes) is 51. The second kappa shape index (κ2) is 62.1. The molecule has 0 saturated carbocycles. The second-order valence-electron chi connectivity index (χ2n) is 22.8. The number of carbonyl (C=O) groups is 2. The van der Waals surface area contributed by atoms with Gasteiger partial charge in [0.1, 0.15) is 0 Å². The van der Waals surface area contributed by atoms with Crippen molar-refractivity contribution in [2.75, 3.05) is 13.2 Å². The van der Waals surface area contributed by atoms with Crippen LogP contribution in [0.15, 0.2) is 12.2 Å². The van der Waals surface area contributed by atoms with Crippen LogP contribution in [0.2, 0.25) is 0 Å². The van der Waals surface area contributed by atoms with E-state index in [0.29, 0.717) is 19.4 Å².